The highest BCUT2D eigenvalue weighted by Crippen LogP contribution is 2.14. The number of ether oxygens (including phenoxy) is 1. The third kappa shape index (κ3) is 7.20. The van der Waals surface area contributed by atoms with Crippen molar-refractivity contribution in [1.29, 1.82) is 0 Å². The first-order chi connectivity index (χ1) is 7.43. The zero-order valence-corrected chi connectivity index (χ0v) is 10.8. The van der Waals surface area contributed by atoms with E-state index in [1.54, 1.807) is 0 Å². The topological polar surface area (TPSA) is 21.3 Å². The van der Waals surface area contributed by atoms with E-state index in [9.17, 15) is 0 Å². The summed E-state index contributed by atoms with van der Waals surface area (Å²) in [7, 11) is 0. The molecular formula is C12H25NOS. The Morgan fingerprint density at radius 3 is 2.93 bits per heavy atom. The van der Waals surface area contributed by atoms with Gasteiger partial charge in [-0.1, -0.05) is 0 Å². The number of hydrogen-bond donors (Lipinski definition) is 1. The van der Waals surface area contributed by atoms with Crippen LogP contribution in [0.1, 0.15) is 38.5 Å². The van der Waals surface area contributed by atoms with Gasteiger partial charge in [0.15, 0.2) is 0 Å². The molecule has 0 radical (unpaired) electrons. The molecule has 0 aromatic rings. The van der Waals surface area contributed by atoms with Crippen molar-refractivity contribution in [3.05, 3.63) is 0 Å². The standard InChI is InChI=1S/C12H25NOS/c1-15-11-5-3-8-13-9-7-12-6-2-4-10-14-12/h12-13H,2-11H2,1H3. The molecule has 0 spiro atoms. The molecule has 1 heterocycles. The second-order valence-corrected chi connectivity index (χ2v) is 5.21. The van der Waals surface area contributed by atoms with Crippen molar-refractivity contribution in [3.63, 3.8) is 0 Å². The summed E-state index contributed by atoms with van der Waals surface area (Å²) in [5, 5.41) is 3.50. The average Bonchev–Trinajstić information content (AvgIpc) is 2.29. The smallest absolute Gasteiger partial charge is 0.0587 e. The first-order valence-electron chi connectivity index (χ1n) is 6.24. The summed E-state index contributed by atoms with van der Waals surface area (Å²) in [6.45, 7) is 3.29. The molecule has 1 saturated heterocycles. The quantitative estimate of drug-likeness (QED) is 0.649. The third-order valence-electron chi connectivity index (χ3n) is 2.87. The van der Waals surface area contributed by atoms with Crippen LogP contribution in [0.25, 0.3) is 0 Å². The van der Waals surface area contributed by atoms with E-state index in [4.69, 9.17) is 4.74 Å². The fourth-order valence-electron chi connectivity index (χ4n) is 1.92. The first-order valence-corrected chi connectivity index (χ1v) is 7.64. The lowest BCUT2D eigenvalue weighted by atomic mass is 10.1. The minimum absolute atomic E-state index is 0.539. The number of rotatable bonds is 8. The van der Waals surface area contributed by atoms with Crippen molar-refractivity contribution in [2.24, 2.45) is 0 Å². The zero-order chi connectivity index (χ0) is 10.8. The van der Waals surface area contributed by atoms with E-state index in [0.717, 1.165) is 13.2 Å². The predicted molar refractivity (Wildman–Crippen MR) is 68.7 cm³/mol. The highest BCUT2D eigenvalue weighted by atomic mass is 32.2. The van der Waals surface area contributed by atoms with Crippen LogP contribution in [0.4, 0.5) is 0 Å². The SMILES string of the molecule is CSCCCCNCCC1CCCCO1. The summed E-state index contributed by atoms with van der Waals surface area (Å²) in [6, 6.07) is 0. The lowest BCUT2D eigenvalue weighted by Crippen LogP contribution is -2.25. The van der Waals surface area contributed by atoms with E-state index in [0.29, 0.717) is 6.10 Å². The molecule has 0 aromatic heterocycles. The van der Waals surface area contributed by atoms with E-state index in [2.05, 4.69) is 11.6 Å². The van der Waals surface area contributed by atoms with E-state index in [1.165, 1.54) is 50.8 Å². The van der Waals surface area contributed by atoms with Gasteiger partial charge in [-0.3, -0.25) is 0 Å². The van der Waals surface area contributed by atoms with E-state index in [-0.39, 0.29) is 0 Å². The molecule has 0 bridgehead atoms. The lowest BCUT2D eigenvalue weighted by Gasteiger charge is -2.22. The molecule has 1 aliphatic heterocycles. The van der Waals surface area contributed by atoms with Gasteiger partial charge in [-0.05, 0) is 63.6 Å². The molecule has 1 atom stereocenters. The summed E-state index contributed by atoms with van der Waals surface area (Å²) < 4.78 is 5.68. The Labute approximate surface area is 98.5 Å². The molecule has 1 aliphatic rings. The molecule has 1 unspecified atom stereocenters. The van der Waals surface area contributed by atoms with Gasteiger partial charge in [0, 0.05) is 6.61 Å². The molecule has 1 N–H and O–H groups in total. The van der Waals surface area contributed by atoms with Crippen LogP contribution in [-0.4, -0.2) is 37.8 Å². The molecule has 3 heteroatoms. The molecule has 2 nitrogen and oxygen atoms in total. The van der Waals surface area contributed by atoms with Crippen LogP contribution < -0.4 is 5.32 Å². The van der Waals surface area contributed by atoms with Gasteiger partial charge in [0.05, 0.1) is 6.10 Å². The van der Waals surface area contributed by atoms with Gasteiger partial charge >= 0.3 is 0 Å². The van der Waals surface area contributed by atoms with Crippen LogP contribution in [0.5, 0.6) is 0 Å². The highest BCUT2D eigenvalue weighted by Gasteiger charge is 2.12. The summed E-state index contributed by atoms with van der Waals surface area (Å²) in [6.07, 6.45) is 10.5. The van der Waals surface area contributed by atoms with Gasteiger partial charge in [0.25, 0.3) is 0 Å². The van der Waals surface area contributed by atoms with Gasteiger partial charge in [0.2, 0.25) is 0 Å². The van der Waals surface area contributed by atoms with Crippen LogP contribution in [-0.2, 0) is 4.74 Å². The zero-order valence-electron chi connectivity index (χ0n) is 9.96. The second-order valence-electron chi connectivity index (χ2n) is 4.23. The summed E-state index contributed by atoms with van der Waals surface area (Å²) >= 11 is 1.94. The fraction of sp³-hybridized carbons (Fsp3) is 1.00. The summed E-state index contributed by atoms with van der Waals surface area (Å²) in [5.74, 6) is 1.30. The Kier molecular flexibility index (Phi) is 8.44. The molecule has 90 valence electrons. The lowest BCUT2D eigenvalue weighted by molar-refractivity contribution is 0.0116. The Morgan fingerprint density at radius 2 is 2.20 bits per heavy atom. The minimum Gasteiger partial charge on any atom is -0.378 e. The Morgan fingerprint density at radius 1 is 1.27 bits per heavy atom. The van der Waals surface area contributed by atoms with Crippen molar-refractivity contribution >= 4 is 11.8 Å². The Balaban J connectivity index is 1.79. The first kappa shape index (κ1) is 13.3. The average molecular weight is 231 g/mol. The molecule has 0 amide bonds. The van der Waals surface area contributed by atoms with Gasteiger partial charge in [0.1, 0.15) is 0 Å². The second kappa shape index (κ2) is 9.49. The Hall–Kier alpha value is 0.270. The maximum Gasteiger partial charge on any atom is 0.0587 e. The predicted octanol–water partition coefficient (Wildman–Crippen LogP) is 2.68. The number of unbranched alkanes of at least 4 members (excludes halogenated alkanes) is 1. The number of hydrogen-bond acceptors (Lipinski definition) is 3. The minimum atomic E-state index is 0.539. The summed E-state index contributed by atoms with van der Waals surface area (Å²) in [4.78, 5) is 0. The Bertz CT molecular complexity index is 138. The monoisotopic (exact) mass is 231 g/mol. The molecule has 0 aromatic carbocycles. The largest absolute Gasteiger partial charge is 0.378 e. The van der Waals surface area contributed by atoms with Gasteiger partial charge in [-0.2, -0.15) is 11.8 Å². The van der Waals surface area contributed by atoms with E-state index >= 15 is 0 Å². The molecule has 0 aliphatic carbocycles. The number of nitrogens with one attached hydrogen (secondary N) is 1. The van der Waals surface area contributed by atoms with Crippen molar-refractivity contribution in [1.82, 2.24) is 5.32 Å². The fourth-order valence-corrected chi connectivity index (χ4v) is 2.41. The van der Waals surface area contributed by atoms with Crippen molar-refractivity contribution < 1.29 is 4.74 Å². The van der Waals surface area contributed by atoms with Crippen LogP contribution in [0.3, 0.4) is 0 Å². The maximum atomic E-state index is 5.68. The maximum absolute atomic E-state index is 5.68. The summed E-state index contributed by atoms with van der Waals surface area (Å²) in [5.41, 5.74) is 0. The highest BCUT2D eigenvalue weighted by molar-refractivity contribution is 7.98. The van der Waals surface area contributed by atoms with E-state index in [1.807, 2.05) is 11.8 Å². The van der Waals surface area contributed by atoms with Crippen LogP contribution in [0, 0.1) is 0 Å². The third-order valence-corrected chi connectivity index (χ3v) is 3.57. The molecule has 1 rings (SSSR count). The van der Waals surface area contributed by atoms with Crippen molar-refractivity contribution in [2.45, 2.75) is 44.6 Å². The van der Waals surface area contributed by atoms with Gasteiger partial charge in [-0.15, -0.1) is 0 Å². The molecule has 15 heavy (non-hydrogen) atoms. The normalized spacial score (nSPS) is 21.8. The van der Waals surface area contributed by atoms with E-state index < -0.39 is 0 Å². The van der Waals surface area contributed by atoms with Crippen LogP contribution in [0.15, 0.2) is 0 Å². The molecule has 0 saturated carbocycles. The van der Waals surface area contributed by atoms with Crippen molar-refractivity contribution in [2.75, 3.05) is 31.7 Å². The van der Waals surface area contributed by atoms with Crippen LogP contribution >= 0.6 is 11.8 Å². The number of thioether (sulfide) groups is 1. The molecular weight excluding hydrogens is 206 g/mol. The van der Waals surface area contributed by atoms with Gasteiger partial charge in [-0.25, -0.2) is 0 Å². The van der Waals surface area contributed by atoms with Gasteiger partial charge < -0.3 is 10.1 Å². The molecule has 1 fully saturated rings. The van der Waals surface area contributed by atoms with Crippen molar-refractivity contribution in [3.8, 4) is 0 Å². The van der Waals surface area contributed by atoms with Crippen LogP contribution in [0.2, 0.25) is 0 Å².